The minimum absolute atomic E-state index is 0.266. The van der Waals surface area contributed by atoms with Crippen LogP contribution in [0.4, 0.5) is 18.9 Å². The van der Waals surface area contributed by atoms with Gasteiger partial charge in [-0.1, -0.05) is 47.0 Å². The fraction of sp³-hybridized carbons (Fsp3) is 0.538. The standard InChI is InChI=1S/C22H24F3N5O2.2C2H6/c1-21(2,32)15-11-17-13(12-30(29-17)14-6-4-3-5-7-14)10-18(15)26-20(31)16-8-9-19(28-27-16)22(23,24)25;2*1-2/h8-12,14,32H,3-7H2,1-2H3,(H,26,31);2*1-2H3. The Balaban J connectivity index is 0.00000109. The summed E-state index contributed by atoms with van der Waals surface area (Å²) in [6, 6.07) is 5.43. The Kier molecular flexibility index (Phi) is 9.98. The molecule has 0 saturated heterocycles. The molecule has 0 radical (unpaired) electrons. The van der Waals surface area contributed by atoms with Crippen LogP contribution in [0.2, 0.25) is 0 Å². The summed E-state index contributed by atoms with van der Waals surface area (Å²) in [7, 11) is 0. The van der Waals surface area contributed by atoms with Crippen LogP contribution in [0.1, 0.15) is 101 Å². The van der Waals surface area contributed by atoms with Crippen LogP contribution in [-0.4, -0.2) is 31.0 Å². The molecule has 2 aromatic heterocycles. The Bertz CT molecular complexity index is 1130. The summed E-state index contributed by atoms with van der Waals surface area (Å²) in [4.78, 5) is 12.6. The highest BCUT2D eigenvalue weighted by molar-refractivity contribution is 6.04. The van der Waals surface area contributed by atoms with E-state index in [1.807, 2.05) is 38.6 Å². The molecule has 0 aliphatic heterocycles. The van der Waals surface area contributed by atoms with Crippen LogP contribution in [0.15, 0.2) is 30.5 Å². The molecule has 1 aliphatic carbocycles. The Hall–Kier alpha value is -3.01. The van der Waals surface area contributed by atoms with E-state index in [2.05, 4.69) is 20.6 Å². The second-order valence-electron chi connectivity index (χ2n) is 8.67. The third-order valence-corrected chi connectivity index (χ3v) is 5.71. The lowest BCUT2D eigenvalue weighted by atomic mass is 9.95. The van der Waals surface area contributed by atoms with Crippen molar-refractivity contribution in [3.63, 3.8) is 0 Å². The number of hydrogen-bond acceptors (Lipinski definition) is 5. The molecule has 7 nitrogen and oxygen atoms in total. The first-order valence-corrected chi connectivity index (χ1v) is 12.5. The van der Waals surface area contributed by atoms with E-state index in [1.54, 1.807) is 26.0 Å². The van der Waals surface area contributed by atoms with Crippen molar-refractivity contribution in [3.05, 3.63) is 47.4 Å². The number of carbonyl (C=O) groups excluding carboxylic acids is 1. The third-order valence-electron chi connectivity index (χ3n) is 5.71. The van der Waals surface area contributed by atoms with Gasteiger partial charge in [-0.3, -0.25) is 9.48 Å². The maximum absolute atomic E-state index is 12.7. The summed E-state index contributed by atoms with van der Waals surface area (Å²) in [6.45, 7) is 11.2. The fourth-order valence-corrected chi connectivity index (χ4v) is 4.02. The predicted octanol–water partition coefficient (Wildman–Crippen LogP) is 6.88. The van der Waals surface area contributed by atoms with Gasteiger partial charge in [0.1, 0.15) is 0 Å². The van der Waals surface area contributed by atoms with Crippen LogP contribution in [-0.2, 0) is 11.8 Å². The zero-order valence-electron chi connectivity index (χ0n) is 21.8. The summed E-state index contributed by atoms with van der Waals surface area (Å²) in [6.07, 6.45) is 2.94. The molecule has 1 amide bonds. The van der Waals surface area contributed by atoms with Gasteiger partial charge in [0.2, 0.25) is 0 Å². The first kappa shape index (κ1) is 29.2. The Morgan fingerprint density at radius 1 is 1.03 bits per heavy atom. The van der Waals surface area contributed by atoms with E-state index in [0.29, 0.717) is 28.9 Å². The number of nitrogens with one attached hydrogen (secondary N) is 1. The first-order valence-electron chi connectivity index (χ1n) is 12.5. The molecule has 1 aromatic carbocycles. The average molecular weight is 508 g/mol. The van der Waals surface area contributed by atoms with Gasteiger partial charge in [-0.25, -0.2) is 0 Å². The molecule has 0 spiro atoms. The molecule has 2 heterocycles. The van der Waals surface area contributed by atoms with Gasteiger partial charge in [-0.05, 0) is 51.0 Å². The zero-order valence-corrected chi connectivity index (χ0v) is 21.8. The van der Waals surface area contributed by atoms with E-state index in [1.165, 1.54) is 6.42 Å². The number of amides is 1. The van der Waals surface area contributed by atoms with Crippen LogP contribution in [0.25, 0.3) is 10.9 Å². The number of nitrogens with zero attached hydrogens (tertiary/aromatic N) is 4. The molecular weight excluding hydrogens is 471 g/mol. The van der Waals surface area contributed by atoms with Crippen LogP contribution in [0, 0.1) is 0 Å². The van der Waals surface area contributed by atoms with Crippen molar-refractivity contribution in [2.45, 2.75) is 91.5 Å². The number of aromatic nitrogens is 4. The highest BCUT2D eigenvalue weighted by Gasteiger charge is 2.33. The molecular formula is C26H36F3N5O2. The number of fused-ring (bicyclic) bond motifs is 1. The lowest BCUT2D eigenvalue weighted by Crippen LogP contribution is -2.22. The molecule has 0 atom stereocenters. The van der Waals surface area contributed by atoms with Crippen LogP contribution in [0.3, 0.4) is 0 Å². The van der Waals surface area contributed by atoms with Crippen LogP contribution in [0.5, 0.6) is 0 Å². The Morgan fingerprint density at radius 3 is 2.19 bits per heavy atom. The Morgan fingerprint density at radius 2 is 1.67 bits per heavy atom. The second kappa shape index (κ2) is 12.3. The number of anilines is 1. The molecule has 0 bridgehead atoms. The molecule has 3 aromatic rings. The topological polar surface area (TPSA) is 92.9 Å². The molecule has 198 valence electrons. The smallest absolute Gasteiger partial charge is 0.386 e. The number of halogens is 3. The predicted molar refractivity (Wildman–Crippen MR) is 135 cm³/mol. The maximum atomic E-state index is 12.7. The van der Waals surface area contributed by atoms with E-state index in [9.17, 15) is 23.1 Å². The van der Waals surface area contributed by atoms with Crippen molar-refractivity contribution in [1.82, 2.24) is 20.0 Å². The molecule has 10 heteroatoms. The molecule has 2 N–H and O–H groups in total. The van der Waals surface area contributed by atoms with Crippen molar-refractivity contribution >= 4 is 22.5 Å². The maximum Gasteiger partial charge on any atom is 0.435 e. The van der Waals surface area contributed by atoms with Gasteiger partial charge in [0.05, 0.1) is 17.2 Å². The van der Waals surface area contributed by atoms with E-state index >= 15 is 0 Å². The quantitative estimate of drug-likeness (QED) is 0.401. The molecule has 36 heavy (non-hydrogen) atoms. The number of aliphatic hydroxyl groups is 1. The molecule has 1 fully saturated rings. The largest absolute Gasteiger partial charge is 0.435 e. The highest BCUT2D eigenvalue weighted by Crippen LogP contribution is 2.34. The van der Waals surface area contributed by atoms with Crippen molar-refractivity contribution in [2.75, 3.05) is 5.32 Å². The van der Waals surface area contributed by atoms with Gasteiger partial charge in [0.25, 0.3) is 5.91 Å². The zero-order chi connectivity index (χ0) is 27.1. The van der Waals surface area contributed by atoms with Gasteiger partial charge >= 0.3 is 6.18 Å². The molecule has 1 aliphatic rings. The summed E-state index contributed by atoms with van der Waals surface area (Å²) in [5.41, 5.74) is -1.27. The highest BCUT2D eigenvalue weighted by atomic mass is 19.4. The van der Waals surface area contributed by atoms with Gasteiger partial charge < -0.3 is 10.4 Å². The minimum Gasteiger partial charge on any atom is -0.386 e. The molecule has 1 saturated carbocycles. The monoisotopic (exact) mass is 507 g/mol. The number of benzene rings is 1. The SMILES string of the molecule is CC.CC.CC(C)(O)c1cc2nn(C3CCCCC3)cc2cc1NC(=O)c1ccc(C(F)(F)F)nn1. The summed E-state index contributed by atoms with van der Waals surface area (Å²) in [5, 5.41) is 25.3. The second-order valence-corrected chi connectivity index (χ2v) is 8.67. The van der Waals surface area contributed by atoms with Crippen LogP contribution < -0.4 is 5.32 Å². The van der Waals surface area contributed by atoms with Crippen molar-refractivity contribution < 1.29 is 23.1 Å². The summed E-state index contributed by atoms with van der Waals surface area (Å²) >= 11 is 0. The van der Waals surface area contributed by atoms with Gasteiger partial charge in [-0.15, -0.1) is 10.2 Å². The first-order chi connectivity index (χ1) is 17.0. The number of carbonyl (C=O) groups is 1. The lowest BCUT2D eigenvalue weighted by molar-refractivity contribution is -0.141. The normalized spacial score (nSPS) is 14.4. The van der Waals surface area contributed by atoms with Gasteiger partial charge in [0.15, 0.2) is 11.4 Å². The van der Waals surface area contributed by atoms with Gasteiger partial charge in [-0.2, -0.15) is 18.3 Å². The molecule has 4 rings (SSSR count). The number of rotatable bonds is 4. The molecule has 0 unspecified atom stereocenters. The van der Waals surface area contributed by atoms with E-state index in [0.717, 1.165) is 37.1 Å². The fourth-order valence-electron chi connectivity index (χ4n) is 4.02. The summed E-state index contributed by atoms with van der Waals surface area (Å²) < 4.78 is 40.0. The van der Waals surface area contributed by atoms with Crippen molar-refractivity contribution in [2.24, 2.45) is 0 Å². The third kappa shape index (κ3) is 7.02. The van der Waals surface area contributed by atoms with Crippen LogP contribution >= 0.6 is 0 Å². The lowest BCUT2D eigenvalue weighted by Gasteiger charge is -2.22. The minimum atomic E-state index is -4.64. The Labute approximate surface area is 210 Å². The van der Waals surface area contributed by atoms with Crippen molar-refractivity contribution in [3.8, 4) is 0 Å². The number of alkyl halides is 3. The van der Waals surface area contributed by atoms with E-state index < -0.39 is 23.4 Å². The van der Waals surface area contributed by atoms with Gasteiger partial charge in [0, 0.05) is 22.8 Å². The van der Waals surface area contributed by atoms with E-state index in [-0.39, 0.29) is 5.69 Å². The van der Waals surface area contributed by atoms with Crippen molar-refractivity contribution in [1.29, 1.82) is 0 Å². The van der Waals surface area contributed by atoms with E-state index in [4.69, 9.17) is 0 Å². The average Bonchev–Trinajstić information content (AvgIpc) is 3.29. The number of hydrogen-bond donors (Lipinski definition) is 2. The summed E-state index contributed by atoms with van der Waals surface area (Å²) in [5.74, 6) is -0.726.